The van der Waals surface area contributed by atoms with Crippen molar-refractivity contribution < 1.29 is 18.0 Å². The minimum absolute atomic E-state index is 0.0681. The van der Waals surface area contributed by atoms with Gasteiger partial charge in [0.25, 0.3) is 5.91 Å². The molecule has 1 aromatic heterocycles. The minimum Gasteiger partial charge on any atom is -0.369 e. The average Bonchev–Trinajstić information content (AvgIpc) is 2.51. The maximum absolute atomic E-state index is 13.2. The summed E-state index contributed by atoms with van der Waals surface area (Å²) in [5.74, 6) is -0.433. The molecule has 0 aliphatic heterocycles. The zero-order chi connectivity index (χ0) is 18.8. The van der Waals surface area contributed by atoms with Gasteiger partial charge in [0, 0.05) is 24.5 Å². The van der Waals surface area contributed by atoms with Crippen LogP contribution in [0.15, 0.2) is 23.5 Å². The van der Waals surface area contributed by atoms with E-state index < -0.39 is 23.7 Å². The second kappa shape index (κ2) is 7.22. The highest BCUT2D eigenvalue weighted by Crippen LogP contribution is 2.37. The van der Waals surface area contributed by atoms with Crippen LogP contribution in [0.4, 0.5) is 19.0 Å². The molecule has 0 saturated heterocycles. The largest absolute Gasteiger partial charge is 0.418 e. The summed E-state index contributed by atoms with van der Waals surface area (Å²) in [6.45, 7) is 1.53. The number of aromatic nitrogens is 2. The summed E-state index contributed by atoms with van der Waals surface area (Å²) in [6.07, 6.45) is -2.29. The Bertz CT molecular complexity index is 823. The van der Waals surface area contributed by atoms with Crippen LogP contribution in [0.3, 0.4) is 0 Å². The zero-order valence-electron chi connectivity index (χ0n) is 13.6. The van der Waals surface area contributed by atoms with Crippen LogP contribution in [0.1, 0.15) is 12.5 Å². The smallest absolute Gasteiger partial charge is 0.369 e. The number of amides is 1. The maximum Gasteiger partial charge on any atom is 0.418 e. The highest BCUT2D eigenvalue weighted by Gasteiger charge is 2.34. The van der Waals surface area contributed by atoms with Crippen molar-refractivity contribution in [1.29, 1.82) is 0 Å². The predicted octanol–water partition coefficient (Wildman–Crippen LogP) is 3.22. The molecule has 134 valence electrons. The molecule has 0 radical (unpaired) electrons. The van der Waals surface area contributed by atoms with Gasteiger partial charge in [0.1, 0.15) is 18.2 Å². The molecule has 0 saturated carbocycles. The third-order valence-electron chi connectivity index (χ3n) is 3.15. The van der Waals surface area contributed by atoms with Crippen molar-refractivity contribution in [2.24, 2.45) is 4.99 Å². The van der Waals surface area contributed by atoms with Crippen molar-refractivity contribution in [1.82, 2.24) is 14.9 Å². The summed E-state index contributed by atoms with van der Waals surface area (Å²) >= 11 is 5.81. The van der Waals surface area contributed by atoms with Crippen molar-refractivity contribution in [3.8, 4) is 0 Å². The van der Waals surface area contributed by atoms with Gasteiger partial charge < -0.3 is 10.2 Å². The molecule has 2 rings (SSSR count). The molecule has 2 aromatic rings. The average molecular weight is 374 g/mol. The molecule has 1 aromatic carbocycles. The summed E-state index contributed by atoms with van der Waals surface area (Å²) in [7, 11) is 3.40. The fourth-order valence-electron chi connectivity index (χ4n) is 2.01. The lowest BCUT2D eigenvalue weighted by molar-refractivity contribution is -0.136. The number of carbonyl (C=O) groups excluding carboxylic acids is 1. The first-order valence-corrected chi connectivity index (χ1v) is 7.50. The monoisotopic (exact) mass is 373 g/mol. The van der Waals surface area contributed by atoms with E-state index in [2.05, 4.69) is 20.3 Å². The van der Waals surface area contributed by atoms with Crippen molar-refractivity contribution in [2.45, 2.75) is 19.1 Å². The Labute approximate surface area is 146 Å². The fraction of sp³-hybridized carbons (Fsp3) is 0.333. The van der Waals surface area contributed by atoms with E-state index in [-0.39, 0.29) is 21.7 Å². The molecule has 10 heteroatoms. The number of benzene rings is 1. The van der Waals surface area contributed by atoms with E-state index in [4.69, 9.17) is 11.6 Å². The second-order valence-electron chi connectivity index (χ2n) is 5.48. The molecule has 0 fully saturated rings. The third-order valence-corrected chi connectivity index (χ3v) is 3.37. The van der Waals surface area contributed by atoms with Crippen LogP contribution in [0, 0.1) is 0 Å². The molecule has 1 amide bonds. The number of hydrogen-bond donors (Lipinski definition) is 1. The SMILES string of the molecule is C[C@H](Nc1ncnc2c(C(F)(F)F)cc(Cl)cc12)C(=O)N=CN(C)C. The van der Waals surface area contributed by atoms with E-state index in [9.17, 15) is 18.0 Å². The lowest BCUT2D eigenvalue weighted by Crippen LogP contribution is -2.26. The van der Waals surface area contributed by atoms with Gasteiger partial charge in [0.15, 0.2) is 0 Å². The van der Waals surface area contributed by atoms with E-state index in [1.54, 1.807) is 19.0 Å². The lowest BCUT2D eigenvalue weighted by Gasteiger charge is -2.15. The molecule has 0 spiro atoms. The van der Waals surface area contributed by atoms with E-state index in [1.165, 1.54) is 19.3 Å². The van der Waals surface area contributed by atoms with E-state index in [0.717, 1.165) is 12.4 Å². The first-order chi connectivity index (χ1) is 11.6. The van der Waals surface area contributed by atoms with Crippen LogP contribution >= 0.6 is 11.6 Å². The van der Waals surface area contributed by atoms with Crippen LogP contribution in [-0.4, -0.2) is 47.3 Å². The number of hydrogen-bond acceptors (Lipinski definition) is 4. The molecule has 1 heterocycles. The minimum atomic E-state index is -4.62. The Morgan fingerprint density at radius 2 is 2.04 bits per heavy atom. The topological polar surface area (TPSA) is 70.5 Å². The molecule has 1 N–H and O–H groups in total. The number of fused-ring (bicyclic) bond motifs is 1. The Hall–Kier alpha value is -2.42. The number of rotatable bonds is 4. The van der Waals surface area contributed by atoms with E-state index in [1.807, 2.05) is 0 Å². The van der Waals surface area contributed by atoms with E-state index >= 15 is 0 Å². The Kier molecular flexibility index (Phi) is 5.46. The summed E-state index contributed by atoms with van der Waals surface area (Å²) in [4.78, 5) is 24.9. The number of carbonyl (C=O) groups is 1. The Morgan fingerprint density at radius 1 is 1.36 bits per heavy atom. The number of nitrogens with one attached hydrogen (secondary N) is 1. The number of nitrogens with zero attached hydrogens (tertiary/aromatic N) is 4. The number of alkyl halides is 3. The highest BCUT2D eigenvalue weighted by atomic mass is 35.5. The van der Waals surface area contributed by atoms with Crippen molar-refractivity contribution >= 4 is 40.6 Å². The molecule has 0 unspecified atom stereocenters. The van der Waals surface area contributed by atoms with E-state index in [0.29, 0.717) is 0 Å². The van der Waals surface area contributed by atoms with Crippen LogP contribution in [0.25, 0.3) is 10.9 Å². The standard InChI is InChI=1S/C15H15ClF3N5O/c1-8(14(25)22-7-24(2)3)23-13-10-4-9(16)5-11(15(17,18)19)12(10)20-6-21-13/h4-8H,1-3H3,(H,20,21,23)/t8-/m0/s1. The number of anilines is 1. The first-order valence-electron chi connectivity index (χ1n) is 7.12. The fourth-order valence-corrected chi connectivity index (χ4v) is 2.23. The van der Waals surface area contributed by atoms with Crippen LogP contribution in [-0.2, 0) is 11.0 Å². The predicted molar refractivity (Wildman–Crippen MR) is 89.8 cm³/mol. The summed E-state index contributed by atoms with van der Waals surface area (Å²) < 4.78 is 39.5. The Morgan fingerprint density at radius 3 is 2.64 bits per heavy atom. The van der Waals surface area contributed by atoms with Gasteiger partial charge in [-0.2, -0.15) is 13.2 Å². The first kappa shape index (κ1) is 18.9. The van der Waals surface area contributed by atoms with Crippen LogP contribution < -0.4 is 5.32 Å². The normalized spacial score (nSPS) is 13.2. The quantitative estimate of drug-likeness (QED) is 0.658. The van der Waals surface area contributed by atoms with Crippen molar-refractivity contribution in [3.63, 3.8) is 0 Å². The molecular formula is C15H15ClF3N5O. The zero-order valence-corrected chi connectivity index (χ0v) is 14.4. The van der Waals surface area contributed by atoms with Gasteiger partial charge in [-0.3, -0.25) is 4.79 Å². The van der Waals surface area contributed by atoms with Gasteiger partial charge in [-0.05, 0) is 19.1 Å². The molecule has 0 bridgehead atoms. The summed E-state index contributed by atoms with van der Waals surface area (Å²) in [5.41, 5.74) is -1.27. The van der Waals surface area contributed by atoms with Crippen LogP contribution in [0.2, 0.25) is 5.02 Å². The lowest BCUT2D eigenvalue weighted by atomic mass is 10.1. The third kappa shape index (κ3) is 4.56. The van der Waals surface area contributed by atoms with Crippen molar-refractivity contribution in [3.05, 3.63) is 29.0 Å². The van der Waals surface area contributed by atoms with Gasteiger partial charge in [-0.25, -0.2) is 15.0 Å². The van der Waals surface area contributed by atoms with Gasteiger partial charge in [-0.1, -0.05) is 11.6 Å². The molecule has 1 atom stereocenters. The molecule has 25 heavy (non-hydrogen) atoms. The summed E-state index contributed by atoms with van der Waals surface area (Å²) in [5, 5.41) is 2.71. The molecule has 0 aliphatic rings. The molecular weight excluding hydrogens is 359 g/mol. The van der Waals surface area contributed by atoms with Crippen molar-refractivity contribution in [2.75, 3.05) is 19.4 Å². The Balaban J connectivity index is 2.43. The maximum atomic E-state index is 13.2. The highest BCUT2D eigenvalue weighted by molar-refractivity contribution is 6.31. The van der Waals surface area contributed by atoms with Gasteiger partial charge in [-0.15, -0.1) is 0 Å². The van der Waals surface area contributed by atoms with Gasteiger partial charge in [0.2, 0.25) is 0 Å². The molecule has 0 aliphatic carbocycles. The summed E-state index contributed by atoms with van der Waals surface area (Å²) in [6, 6.07) is 1.31. The number of halogens is 4. The molecule has 6 nitrogen and oxygen atoms in total. The second-order valence-corrected chi connectivity index (χ2v) is 5.92. The van der Waals surface area contributed by atoms with Gasteiger partial charge in [0.05, 0.1) is 17.4 Å². The number of aliphatic imine (C=N–C) groups is 1. The van der Waals surface area contributed by atoms with Gasteiger partial charge >= 0.3 is 6.18 Å². The van der Waals surface area contributed by atoms with Crippen LogP contribution in [0.5, 0.6) is 0 Å².